The van der Waals surface area contributed by atoms with E-state index in [9.17, 15) is 0 Å². The summed E-state index contributed by atoms with van der Waals surface area (Å²) >= 11 is 0. The Hall–Kier alpha value is -1.56. The molecule has 0 saturated heterocycles. The smallest absolute Gasteiger partial charge is 0.00105 e. The predicted molar refractivity (Wildman–Crippen MR) is 97.1 cm³/mol. The standard InChI is InChI=1S/C23H26/c1-2-8-16(7-1)20-13-14-21-19-12-6-5-11-18(19)15-22(21)23(20)17-9-3-4-10-17/h5-6,11-14,16-17H,1-4,7-10,15H2. The second-order valence-corrected chi connectivity index (χ2v) is 7.89. The number of hydrogen-bond acceptors (Lipinski definition) is 0. The fraction of sp³-hybridized carbons (Fsp3) is 0.478. The minimum absolute atomic E-state index is 0.842. The van der Waals surface area contributed by atoms with E-state index >= 15 is 0 Å². The van der Waals surface area contributed by atoms with Crippen LogP contribution in [0.3, 0.4) is 0 Å². The third-order valence-electron chi connectivity index (χ3n) is 6.62. The van der Waals surface area contributed by atoms with Gasteiger partial charge in [-0.25, -0.2) is 0 Å². The first-order valence-electron chi connectivity index (χ1n) is 9.66. The van der Waals surface area contributed by atoms with Gasteiger partial charge in [0.25, 0.3) is 0 Å². The van der Waals surface area contributed by atoms with E-state index < -0.39 is 0 Å². The van der Waals surface area contributed by atoms with Crippen LogP contribution < -0.4 is 0 Å². The van der Waals surface area contributed by atoms with Crippen LogP contribution in [0.2, 0.25) is 0 Å². The lowest BCUT2D eigenvalue weighted by Gasteiger charge is -2.23. The average Bonchev–Trinajstić information content (AvgIpc) is 3.33. The monoisotopic (exact) mass is 302 g/mol. The third kappa shape index (κ3) is 2.18. The first-order chi connectivity index (χ1) is 11.4. The third-order valence-corrected chi connectivity index (χ3v) is 6.62. The molecule has 0 spiro atoms. The van der Waals surface area contributed by atoms with E-state index in [1.807, 2.05) is 0 Å². The largest absolute Gasteiger partial charge is 0.0619 e. The van der Waals surface area contributed by atoms with Crippen molar-refractivity contribution >= 4 is 0 Å². The maximum absolute atomic E-state index is 2.52. The molecule has 0 heteroatoms. The van der Waals surface area contributed by atoms with Gasteiger partial charge in [0.05, 0.1) is 0 Å². The summed E-state index contributed by atoms with van der Waals surface area (Å²) in [5, 5.41) is 0. The average molecular weight is 302 g/mol. The highest BCUT2D eigenvalue weighted by molar-refractivity contribution is 5.79. The van der Waals surface area contributed by atoms with Gasteiger partial charge in [-0.2, -0.15) is 0 Å². The second-order valence-electron chi connectivity index (χ2n) is 7.89. The molecule has 0 heterocycles. The molecule has 2 saturated carbocycles. The Morgan fingerprint density at radius 2 is 1.35 bits per heavy atom. The number of fused-ring (bicyclic) bond motifs is 3. The molecule has 0 radical (unpaired) electrons. The molecular weight excluding hydrogens is 276 g/mol. The predicted octanol–water partition coefficient (Wildman–Crippen LogP) is 6.57. The minimum Gasteiger partial charge on any atom is -0.0619 e. The molecule has 23 heavy (non-hydrogen) atoms. The van der Waals surface area contributed by atoms with Crippen molar-refractivity contribution in [3.05, 3.63) is 58.7 Å². The minimum atomic E-state index is 0.842. The Kier molecular flexibility index (Phi) is 3.32. The van der Waals surface area contributed by atoms with E-state index in [1.165, 1.54) is 63.4 Å². The van der Waals surface area contributed by atoms with Crippen LogP contribution in [-0.4, -0.2) is 0 Å². The molecule has 5 rings (SSSR count). The molecule has 0 aliphatic heterocycles. The molecule has 0 atom stereocenters. The van der Waals surface area contributed by atoms with Gasteiger partial charge in [0.2, 0.25) is 0 Å². The molecule has 2 fully saturated rings. The summed E-state index contributed by atoms with van der Waals surface area (Å²) in [4.78, 5) is 0. The quantitative estimate of drug-likeness (QED) is 0.502. The van der Waals surface area contributed by atoms with Crippen molar-refractivity contribution in [2.24, 2.45) is 0 Å². The van der Waals surface area contributed by atoms with E-state index in [2.05, 4.69) is 36.4 Å². The van der Waals surface area contributed by atoms with Gasteiger partial charge in [-0.3, -0.25) is 0 Å². The first kappa shape index (κ1) is 13.8. The maximum atomic E-state index is 2.52. The van der Waals surface area contributed by atoms with Crippen LogP contribution in [0.25, 0.3) is 11.1 Å². The molecule has 0 unspecified atom stereocenters. The number of hydrogen-bond donors (Lipinski definition) is 0. The zero-order valence-electron chi connectivity index (χ0n) is 14.0. The van der Waals surface area contributed by atoms with Crippen LogP contribution >= 0.6 is 0 Å². The number of rotatable bonds is 2. The van der Waals surface area contributed by atoms with Crippen molar-refractivity contribution in [3.63, 3.8) is 0 Å². The van der Waals surface area contributed by atoms with Crippen molar-refractivity contribution in [1.82, 2.24) is 0 Å². The Labute approximate surface area is 139 Å². The fourth-order valence-electron chi connectivity index (χ4n) is 5.54. The van der Waals surface area contributed by atoms with Crippen molar-refractivity contribution in [2.45, 2.75) is 69.6 Å². The van der Waals surface area contributed by atoms with Crippen molar-refractivity contribution in [1.29, 1.82) is 0 Å². The van der Waals surface area contributed by atoms with E-state index in [1.54, 1.807) is 27.8 Å². The van der Waals surface area contributed by atoms with E-state index in [4.69, 9.17) is 0 Å². The first-order valence-corrected chi connectivity index (χ1v) is 9.66. The molecule has 0 nitrogen and oxygen atoms in total. The number of benzene rings is 2. The second kappa shape index (κ2) is 5.51. The van der Waals surface area contributed by atoms with Crippen molar-refractivity contribution < 1.29 is 0 Å². The summed E-state index contributed by atoms with van der Waals surface area (Å²) < 4.78 is 0. The zero-order chi connectivity index (χ0) is 15.2. The Morgan fingerprint density at radius 3 is 2.13 bits per heavy atom. The van der Waals surface area contributed by atoms with Gasteiger partial charge in [-0.1, -0.05) is 62.1 Å². The van der Waals surface area contributed by atoms with Crippen LogP contribution in [0, 0.1) is 0 Å². The summed E-state index contributed by atoms with van der Waals surface area (Å²) in [6.45, 7) is 0. The summed E-state index contributed by atoms with van der Waals surface area (Å²) in [5.74, 6) is 1.69. The van der Waals surface area contributed by atoms with E-state index in [0.29, 0.717) is 0 Å². The molecule has 0 N–H and O–H groups in total. The lowest BCUT2D eigenvalue weighted by atomic mass is 9.81. The van der Waals surface area contributed by atoms with E-state index in [-0.39, 0.29) is 0 Å². The SMILES string of the molecule is c1ccc2c(c1)Cc1c-2ccc(C2CCCC2)c1C1CCCC1. The topological polar surface area (TPSA) is 0 Å². The summed E-state index contributed by atoms with van der Waals surface area (Å²) in [7, 11) is 0. The van der Waals surface area contributed by atoms with Gasteiger partial charge in [0.1, 0.15) is 0 Å². The summed E-state index contributed by atoms with van der Waals surface area (Å²) in [5.41, 5.74) is 9.82. The highest BCUT2D eigenvalue weighted by Crippen LogP contribution is 2.49. The van der Waals surface area contributed by atoms with Crippen molar-refractivity contribution in [3.8, 4) is 11.1 Å². The molecule has 118 valence electrons. The van der Waals surface area contributed by atoms with E-state index in [0.717, 1.165) is 11.8 Å². The van der Waals surface area contributed by atoms with Crippen LogP contribution in [0.4, 0.5) is 0 Å². The molecule has 2 aromatic rings. The maximum Gasteiger partial charge on any atom is -0.00105 e. The molecule has 3 aliphatic rings. The van der Waals surface area contributed by atoms with Gasteiger partial charge >= 0.3 is 0 Å². The molecular formula is C23H26. The molecule has 0 aromatic heterocycles. The molecule has 3 aliphatic carbocycles. The zero-order valence-corrected chi connectivity index (χ0v) is 14.0. The summed E-state index contributed by atoms with van der Waals surface area (Å²) in [6, 6.07) is 14.0. The van der Waals surface area contributed by atoms with Gasteiger partial charge < -0.3 is 0 Å². The van der Waals surface area contributed by atoms with Crippen LogP contribution in [-0.2, 0) is 6.42 Å². The molecule has 2 aromatic carbocycles. The lowest BCUT2D eigenvalue weighted by molar-refractivity contribution is 0.660. The fourth-order valence-corrected chi connectivity index (χ4v) is 5.54. The lowest BCUT2D eigenvalue weighted by Crippen LogP contribution is -2.07. The summed E-state index contributed by atoms with van der Waals surface area (Å²) in [6.07, 6.45) is 12.6. The highest BCUT2D eigenvalue weighted by atomic mass is 14.4. The van der Waals surface area contributed by atoms with Crippen LogP contribution in [0.1, 0.15) is 85.5 Å². The van der Waals surface area contributed by atoms with Crippen LogP contribution in [0.15, 0.2) is 36.4 Å². The highest BCUT2D eigenvalue weighted by Gasteiger charge is 2.31. The van der Waals surface area contributed by atoms with Gasteiger partial charge in [-0.15, -0.1) is 0 Å². The van der Waals surface area contributed by atoms with Crippen molar-refractivity contribution in [2.75, 3.05) is 0 Å². The Balaban J connectivity index is 1.68. The Bertz CT molecular complexity index is 728. The van der Waals surface area contributed by atoms with Gasteiger partial charge in [0.15, 0.2) is 0 Å². The van der Waals surface area contributed by atoms with Gasteiger partial charge in [-0.05, 0) is 77.3 Å². The molecule has 0 amide bonds. The molecule has 0 bridgehead atoms. The van der Waals surface area contributed by atoms with Crippen LogP contribution in [0.5, 0.6) is 0 Å². The van der Waals surface area contributed by atoms with Gasteiger partial charge in [0, 0.05) is 0 Å². The Morgan fingerprint density at radius 1 is 0.652 bits per heavy atom. The normalized spacial score (nSPS) is 20.9.